The first kappa shape index (κ1) is 46.8. The summed E-state index contributed by atoms with van der Waals surface area (Å²) in [6.45, 7) is 7.05. The van der Waals surface area contributed by atoms with Gasteiger partial charge in [0, 0.05) is 39.8 Å². The Morgan fingerprint density at radius 3 is 1.70 bits per heavy atom. The van der Waals surface area contributed by atoms with Gasteiger partial charge in [0.05, 0.1) is 5.41 Å². The minimum absolute atomic E-state index is 0.0778. The van der Waals surface area contributed by atoms with E-state index in [0.717, 1.165) is 34.9 Å². The first-order valence-electron chi connectivity index (χ1n) is 27.9. The Bertz CT molecular complexity index is 4280. The normalized spacial score (nSPS) is 16.5. The second-order valence-corrected chi connectivity index (χ2v) is 22.4. The summed E-state index contributed by atoms with van der Waals surface area (Å²) in [6, 6.07) is 95.2. The second-order valence-electron chi connectivity index (χ2n) is 22.4. The van der Waals surface area contributed by atoms with Crippen LogP contribution in [0.2, 0.25) is 0 Å². The molecule has 4 aliphatic carbocycles. The maximum atomic E-state index is 3.74. The van der Waals surface area contributed by atoms with Gasteiger partial charge in [0.15, 0.2) is 0 Å². The Kier molecular flexibility index (Phi) is 10.9. The predicted molar refractivity (Wildman–Crippen MR) is 331 cm³/mol. The zero-order chi connectivity index (χ0) is 52.8. The summed E-state index contributed by atoms with van der Waals surface area (Å²) >= 11 is 0. The van der Waals surface area contributed by atoms with Crippen LogP contribution < -0.4 is 10.2 Å². The molecule has 79 heavy (non-hydrogen) atoms. The molecule has 0 radical (unpaired) electrons. The van der Waals surface area contributed by atoms with Crippen LogP contribution >= 0.6 is 0 Å². The van der Waals surface area contributed by atoms with E-state index in [-0.39, 0.29) is 11.3 Å². The minimum Gasteiger partial charge on any atom is -0.356 e. The molecule has 0 bridgehead atoms. The van der Waals surface area contributed by atoms with Crippen LogP contribution in [-0.4, -0.2) is 0 Å². The number of anilines is 5. The van der Waals surface area contributed by atoms with E-state index >= 15 is 0 Å². The quantitative estimate of drug-likeness (QED) is 0.155. The van der Waals surface area contributed by atoms with Crippen molar-refractivity contribution in [3.8, 4) is 55.6 Å². The molecule has 11 aromatic carbocycles. The van der Waals surface area contributed by atoms with Crippen LogP contribution in [-0.2, 0) is 10.8 Å². The average molecular weight is 1010 g/mol. The molecule has 0 fully saturated rings. The van der Waals surface area contributed by atoms with Crippen LogP contribution in [0.5, 0.6) is 0 Å². The van der Waals surface area contributed by atoms with Gasteiger partial charge in [-0.05, 0) is 191 Å². The Hall–Kier alpha value is -9.50. The van der Waals surface area contributed by atoms with Gasteiger partial charge in [0.1, 0.15) is 0 Å². The number of hydrogen-bond acceptors (Lipinski definition) is 2. The largest absolute Gasteiger partial charge is 0.356 e. The van der Waals surface area contributed by atoms with Crippen molar-refractivity contribution in [2.75, 3.05) is 10.2 Å². The zero-order valence-electron chi connectivity index (χ0n) is 44.7. The molecule has 2 heteroatoms. The van der Waals surface area contributed by atoms with E-state index < -0.39 is 5.41 Å². The SMILES string of the molecule is Cc1cc2c(cc1-c1ccccc1)-c1ccccc1C21c2cc(N(c3ccccc3)c3ccc4c(c3)-c3ccccc3C4(C)C)ccc2-c2ccc(-c3cccc(Nc4ccccc4)c3)c(C3C=CC(c4ccccc4)=CC3)c21. The number of rotatable bonds is 9. The van der Waals surface area contributed by atoms with Gasteiger partial charge in [-0.25, -0.2) is 0 Å². The van der Waals surface area contributed by atoms with Crippen molar-refractivity contribution in [3.63, 3.8) is 0 Å². The summed E-state index contributed by atoms with van der Waals surface area (Å²) in [6.07, 6.45) is 8.23. The van der Waals surface area contributed by atoms with Crippen molar-refractivity contribution >= 4 is 34.0 Å². The molecule has 0 saturated carbocycles. The Morgan fingerprint density at radius 1 is 0.392 bits per heavy atom. The number of nitrogens with one attached hydrogen (secondary N) is 1. The van der Waals surface area contributed by atoms with Crippen LogP contribution in [0, 0.1) is 6.92 Å². The molecule has 2 nitrogen and oxygen atoms in total. The lowest BCUT2D eigenvalue weighted by Crippen LogP contribution is -2.28. The van der Waals surface area contributed by atoms with Crippen LogP contribution in [0.3, 0.4) is 0 Å². The van der Waals surface area contributed by atoms with E-state index in [1.54, 1.807) is 0 Å². The van der Waals surface area contributed by atoms with Crippen molar-refractivity contribution in [2.24, 2.45) is 0 Å². The van der Waals surface area contributed by atoms with Crippen molar-refractivity contribution in [1.29, 1.82) is 0 Å². The minimum atomic E-state index is -0.682. The molecular weight excluding hydrogens is 953 g/mol. The lowest BCUT2D eigenvalue weighted by atomic mass is 9.66. The summed E-state index contributed by atoms with van der Waals surface area (Å²) in [5.41, 5.74) is 30.7. The monoisotopic (exact) mass is 1010 g/mol. The van der Waals surface area contributed by atoms with Gasteiger partial charge in [-0.15, -0.1) is 0 Å². The second kappa shape index (κ2) is 18.3. The molecule has 2 atom stereocenters. The van der Waals surface area contributed by atoms with Crippen LogP contribution in [0.1, 0.15) is 76.3 Å². The Balaban J connectivity index is 1.01. The standard InChI is InChI=1S/C77H58N2/c1-50-45-72-68(49-66(50)53-23-10-5-11-24-53)63-32-17-19-34-71(63)77(72)73-48-60(79(58-29-14-7-15-30-58)59-40-44-70-67(47-59)62-31-16-18-33-69(62)76(70,2)3)39-41-64(73)65-43-42-61(55-25-20-28-57(46-55)78-56-26-12-6-13-27-56)74(75(65)77)54-37-35-52(36-38-54)51-21-8-4-9-22-51/h4-37,39-49,54,78H,38H2,1-3H3. The summed E-state index contributed by atoms with van der Waals surface area (Å²) in [4.78, 5) is 2.49. The fourth-order valence-corrected chi connectivity index (χ4v) is 14.2. The molecule has 11 aromatic rings. The third kappa shape index (κ3) is 7.31. The maximum absolute atomic E-state index is 3.74. The van der Waals surface area contributed by atoms with E-state index in [1.165, 1.54) is 111 Å². The lowest BCUT2D eigenvalue weighted by molar-refractivity contribution is 0.660. The fourth-order valence-electron chi connectivity index (χ4n) is 14.2. The van der Waals surface area contributed by atoms with Crippen molar-refractivity contribution < 1.29 is 0 Å². The van der Waals surface area contributed by atoms with Crippen LogP contribution in [0.15, 0.2) is 273 Å². The van der Waals surface area contributed by atoms with E-state index in [0.29, 0.717) is 0 Å². The van der Waals surface area contributed by atoms with Gasteiger partial charge in [-0.2, -0.15) is 0 Å². The number of fused-ring (bicyclic) bond motifs is 13. The van der Waals surface area contributed by atoms with Crippen molar-refractivity contribution in [1.82, 2.24) is 0 Å². The molecule has 2 unspecified atom stereocenters. The predicted octanol–water partition coefficient (Wildman–Crippen LogP) is 20.3. The van der Waals surface area contributed by atoms with Crippen LogP contribution in [0.25, 0.3) is 61.2 Å². The molecule has 0 aromatic heterocycles. The lowest BCUT2D eigenvalue weighted by Gasteiger charge is -2.36. The van der Waals surface area contributed by atoms with Crippen LogP contribution in [0.4, 0.5) is 28.4 Å². The smallest absolute Gasteiger partial charge is 0.0729 e. The fraction of sp³-hybridized carbons (Fsp3) is 0.0909. The molecule has 0 saturated heterocycles. The summed E-state index contributed by atoms with van der Waals surface area (Å²) in [5, 5.41) is 3.74. The zero-order valence-corrected chi connectivity index (χ0v) is 44.7. The average Bonchev–Trinajstić information content (AvgIpc) is 3.89. The highest BCUT2D eigenvalue weighted by Gasteiger charge is 2.54. The van der Waals surface area contributed by atoms with Gasteiger partial charge < -0.3 is 10.2 Å². The van der Waals surface area contributed by atoms with Gasteiger partial charge in [0.2, 0.25) is 0 Å². The topological polar surface area (TPSA) is 15.3 Å². The molecular formula is C77H58N2. The first-order chi connectivity index (χ1) is 38.8. The Labute approximate surface area is 464 Å². The number of aryl methyl sites for hydroxylation is 1. The third-order valence-electron chi connectivity index (χ3n) is 17.7. The number of nitrogens with zero attached hydrogens (tertiary/aromatic N) is 1. The summed E-state index contributed by atoms with van der Waals surface area (Å²) in [7, 11) is 0. The molecule has 1 N–H and O–H groups in total. The highest BCUT2D eigenvalue weighted by Crippen LogP contribution is 2.66. The van der Waals surface area contributed by atoms with E-state index in [9.17, 15) is 0 Å². The van der Waals surface area contributed by atoms with E-state index in [4.69, 9.17) is 0 Å². The molecule has 15 rings (SSSR count). The summed E-state index contributed by atoms with van der Waals surface area (Å²) in [5.74, 6) is 0.0778. The first-order valence-corrected chi connectivity index (χ1v) is 27.9. The van der Waals surface area contributed by atoms with Crippen molar-refractivity contribution in [3.05, 3.63) is 323 Å². The van der Waals surface area contributed by atoms with E-state index in [2.05, 4.69) is 304 Å². The molecule has 4 aliphatic rings. The molecule has 376 valence electrons. The van der Waals surface area contributed by atoms with Gasteiger partial charge in [-0.1, -0.05) is 220 Å². The maximum Gasteiger partial charge on any atom is 0.0729 e. The Morgan fingerprint density at radius 2 is 0.949 bits per heavy atom. The van der Waals surface area contributed by atoms with Gasteiger partial charge in [-0.3, -0.25) is 0 Å². The molecule has 0 amide bonds. The molecule has 0 heterocycles. The van der Waals surface area contributed by atoms with Crippen molar-refractivity contribution in [2.45, 2.75) is 43.9 Å². The number of allylic oxidation sites excluding steroid dienone is 4. The third-order valence-corrected chi connectivity index (χ3v) is 17.7. The molecule has 0 aliphatic heterocycles. The van der Waals surface area contributed by atoms with E-state index in [1.807, 2.05) is 0 Å². The number of benzene rings is 11. The molecule has 1 spiro atoms. The number of hydrogen-bond donors (Lipinski definition) is 1. The summed E-state index contributed by atoms with van der Waals surface area (Å²) < 4.78 is 0. The number of para-hydroxylation sites is 2. The van der Waals surface area contributed by atoms with Gasteiger partial charge >= 0.3 is 0 Å². The highest BCUT2D eigenvalue weighted by atomic mass is 15.1. The highest BCUT2D eigenvalue weighted by molar-refractivity contribution is 6.00. The van der Waals surface area contributed by atoms with Gasteiger partial charge in [0.25, 0.3) is 0 Å².